The van der Waals surface area contributed by atoms with Gasteiger partial charge in [0.15, 0.2) is 0 Å². The van der Waals surface area contributed by atoms with Crippen molar-refractivity contribution >= 4 is 24.1 Å². The van der Waals surface area contributed by atoms with Gasteiger partial charge in [-0.05, 0) is 46.9 Å². The Labute approximate surface area is 142 Å². The molecule has 0 fully saturated rings. The van der Waals surface area contributed by atoms with Gasteiger partial charge in [0.2, 0.25) is 0 Å². The normalized spacial score (nSPS) is 11.7. The van der Waals surface area contributed by atoms with Gasteiger partial charge in [-0.3, -0.25) is 0 Å². The van der Waals surface area contributed by atoms with Crippen LogP contribution < -0.4 is 4.18 Å². The predicted molar refractivity (Wildman–Crippen MR) is 101 cm³/mol. The van der Waals surface area contributed by atoms with Crippen molar-refractivity contribution in [3.8, 4) is 5.75 Å². The van der Waals surface area contributed by atoms with Crippen LogP contribution in [-0.2, 0) is 0 Å². The Bertz CT molecular complexity index is 790. The Balaban J connectivity index is 2.18. The van der Waals surface area contributed by atoms with Gasteiger partial charge >= 0.3 is 0 Å². The van der Waals surface area contributed by atoms with Gasteiger partial charge in [-0.1, -0.05) is 72.8 Å². The Hall–Kier alpha value is -2.45. The van der Waals surface area contributed by atoms with Crippen molar-refractivity contribution in [1.29, 1.82) is 0 Å². The largest absolute Gasteiger partial charge is 0.429 e. The van der Waals surface area contributed by atoms with Crippen molar-refractivity contribution < 1.29 is 4.18 Å². The maximum absolute atomic E-state index is 4.98. The number of hydrogen-bond acceptors (Lipinski definition) is 2. The molecule has 0 atom stereocenters. The molecule has 3 aromatic carbocycles. The molecule has 0 aliphatic heterocycles. The smallest absolute Gasteiger partial charge is 0.137 e. The third kappa shape index (κ3) is 3.49. The van der Waals surface area contributed by atoms with Crippen LogP contribution in [0.1, 0.15) is 23.6 Å². The summed E-state index contributed by atoms with van der Waals surface area (Å²) in [6.07, 6.45) is 0. The number of allylic oxidation sites excluding steroid dienone is 1. The molecular weight excluding hydrogens is 300 g/mol. The maximum Gasteiger partial charge on any atom is 0.137 e. The molecule has 0 bridgehead atoms. The average Bonchev–Trinajstić information content (AvgIpc) is 2.64. The highest BCUT2D eigenvalue weighted by Gasteiger charge is 2.10. The lowest BCUT2D eigenvalue weighted by Crippen LogP contribution is -1.93. The van der Waals surface area contributed by atoms with Crippen molar-refractivity contribution in [2.75, 3.05) is 0 Å². The molecule has 0 aromatic heterocycles. The van der Waals surface area contributed by atoms with Gasteiger partial charge in [0, 0.05) is 12.9 Å². The second-order valence-corrected chi connectivity index (χ2v) is 5.53. The summed E-state index contributed by atoms with van der Waals surface area (Å²) >= 11 is 3.85. The molecule has 114 valence electrons. The zero-order valence-corrected chi connectivity index (χ0v) is 13.8. The van der Waals surface area contributed by atoms with E-state index in [2.05, 4.69) is 80.5 Å². The van der Waals surface area contributed by atoms with Gasteiger partial charge in [-0.25, -0.2) is 0 Å². The van der Waals surface area contributed by atoms with Crippen LogP contribution in [0.25, 0.3) is 11.1 Å². The van der Waals surface area contributed by atoms with E-state index in [0.29, 0.717) is 0 Å². The van der Waals surface area contributed by atoms with Crippen LogP contribution in [0.5, 0.6) is 5.75 Å². The summed E-state index contributed by atoms with van der Waals surface area (Å²) in [5.74, 6) is 0.738. The van der Waals surface area contributed by atoms with E-state index >= 15 is 0 Å². The molecule has 0 spiro atoms. The van der Waals surface area contributed by atoms with Crippen molar-refractivity contribution in [2.45, 2.75) is 6.92 Å². The summed E-state index contributed by atoms with van der Waals surface area (Å²) in [6, 6.07) is 28.9. The highest BCUT2D eigenvalue weighted by atomic mass is 32.1. The monoisotopic (exact) mass is 318 g/mol. The zero-order chi connectivity index (χ0) is 16.1. The minimum Gasteiger partial charge on any atom is -0.429 e. The lowest BCUT2D eigenvalue weighted by Gasteiger charge is -2.14. The van der Waals surface area contributed by atoms with Crippen LogP contribution in [0.4, 0.5) is 0 Å². The lowest BCUT2D eigenvalue weighted by molar-refractivity contribution is 0.659. The molecule has 23 heavy (non-hydrogen) atoms. The first-order valence-electron chi connectivity index (χ1n) is 7.53. The molecule has 0 aliphatic rings. The second-order valence-electron chi connectivity index (χ2n) is 5.35. The molecule has 0 aliphatic carbocycles. The van der Waals surface area contributed by atoms with Crippen molar-refractivity contribution in [1.82, 2.24) is 0 Å². The molecule has 1 nitrogen and oxygen atoms in total. The number of hydrogen-bond donors (Lipinski definition) is 1. The quantitative estimate of drug-likeness (QED) is 0.358. The summed E-state index contributed by atoms with van der Waals surface area (Å²) in [5.41, 5.74) is 6.06. The fourth-order valence-electron chi connectivity index (χ4n) is 2.72. The summed E-state index contributed by atoms with van der Waals surface area (Å²) in [5, 5.41) is 0. The van der Waals surface area contributed by atoms with Gasteiger partial charge in [-0.2, -0.15) is 0 Å². The first-order valence-corrected chi connectivity index (χ1v) is 7.89. The van der Waals surface area contributed by atoms with E-state index in [1.165, 1.54) is 22.3 Å². The molecular formula is C21H18OS. The summed E-state index contributed by atoms with van der Waals surface area (Å²) in [7, 11) is 0. The molecule has 0 unspecified atom stereocenters. The minimum atomic E-state index is 0.738. The first kappa shape index (κ1) is 15.4. The van der Waals surface area contributed by atoms with Gasteiger partial charge in [-0.15, -0.1) is 0 Å². The first-order chi connectivity index (χ1) is 11.3. The van der Waals surface area contributed by atoms with Gasteiger partial charge < -0.3 is 4.18 Å². The van der Waals surface area contributed by atoms with Crippen LogP contribution in [0, 0.1) is 0 Å². The molecule has 0 radical (unpaired) electrons. The molecule has 0 heterocycles. The van der Waals surface area contributed by atoms with Crippen LogP contribution in [-0.4, -0.2) is 0 Å². The summed E-state index contributed by atoms with van der Waals surface area (Å²) < 4.78 is 4.98. The fraction of sp³-hybridized carbons (Fsp3) is 0.0476. The molecule has 0 N–H and O–H groups in total. The minimum absolute atomic E-state index is 0.738. The number of rotatable bonds is 4. The number of benzene rings is 3. The Kier molecular flexibility index (Phi) is 4.84. The highest BCUT2D eigenvalue weighted by Crippen LogP contribution is 2.32. The van der Waals surface area contributed by atoms with Gasteiger partial charge in [0.25, 0.3) is 0 Å². The molecule has 3 aromatic rings. The lowest BCUT2D eigenvalue weighted by atomic mass is 9.90. The van der Waals surface area contributed by atoms with E-state index in [1.54, 1.807) is 0 Å². The Morgan fingerprint density at radius 1 is 0.652 bits per heavy atom. The van der Waals surface area contributed by atoms with Crippen molar-refractivity contribution in [3.63, 3.8) is 0 Å². The SMILES string of the molecule is C/C(=C(\c1ccccc1)c1ccc(OS)cc1)c1ccccc1. The third-order valence-corrected chi connectivity index (χ3v) is 4.10. The van der Waals surface area contributed by atoms with E-state index in [4.69, 9.17) is 4.18 Å². The topological polar surface area (TPSA) is 9.23 Å². The summed E-state index contributed by atoms with van der Waals surface area (Å²) in [6.45, 7) is 2.17. The Morgan fingerprint density at radius 3 is 1.65 bits per heavy atom. The molecule has 2 heteroatoms. The molecule has 0 saturated heterocycles. The van der Waals surface area contributed by atoms with Gasteiger partial charge in [0.05, 0.1) is 0 Å². The third-order valence-electron chi connectivity index (χ3n) is 3.89. The standard InChI is InChI=1S/C21H18OS/c1-16(17-8-4-2-5-9-17)21(18-10-6-3-7-11-18)19-12-14-20(22-23)15-13-19/h2-15,23H,1H3/b21-16-. The summed E-state index contributed by atoms with van der Waals surface area (Å²) in [4.78, 5) is 0. The van der Waals surface area contributed by atoms with E-state index in [0.717, 1.165) is 11.3 Å². The maximum atomic E-state index is 4.98. The van der Waals surface area contributed by atoms with Crippen LogP contribution in [0.3, 0.4) is 0 Å². The molecule has 0 amide bonds. The highest BCUT2D eigenvalue weighted by molar-refractivity contribution is 7.75. The van der Waals surface area contributed by atoms with Crippen LogP contribution in [0.15, 0.2) is 84.9 Å². The molecule has 0 saturated carbocycles. The van der Waals surface area contributed by atoms with E-state index < -0.39 is 0 Å². The molecule has 3 rings (SSSR count). The Morgan fingerprint density at radius 2 is 1.13 bits per heavy atom. The van der Waals surface area contributed by atoms with Crippen molar-refractivity contribution in [3.05, 3.63) is 102 Å². The van der Waals surface area contributed by atoms with Crippen molar-refractivity contribution in [2.24, 2.45) is 0 Å². The average molecular weight is 318 g/mol. The van der Waals surface area contributed by atoms with E-state index in [1.807, 2.05) is 24.3 Å². The van der Waals surface area contributed by atoms with E-state index in [-0.39, 0.29) is 0 Å². The van der Waals surface area contributed by atoms with Crippen LogP contribution >= 0.6 is 12.9 Å². The van der Waals surface area contributed by atoms with Gasteiger partial charge in [0.1, 0.15) is 5.75 Å². The zero-order valence-electron chi connectivity index (χ0n) is 12.9. The van der Waals surface area contributed by atoms with Crippen LogP contribution in [0.2, 0.25) is 0 Å². The number of thiol groups is 1. The fourth-order valence-corrected chi connectivity index (χ4v) is 2.84. The predicted octanol–water partition coefficient (Wildman–Crippen LogP) is 5.89. The van der Waals surface area contributed by atoms with E-state index in [9.17, 15) is 0 Å². The second kappa shape index (κ2) is 7.21.